The molecule has 1 heterocycles. The van der Waals surface area contributed by atoms with E-state index in [2.05, 4.69) is 24.1 Å². The number of hydrogen-bond donors (Lipinski definition) is 1. The van der Waals surface area contributed by atoms with Gasteiger partial charge in [-0.25, -0.2) is 4.39 Å². The Morgan fingerprint density at radius 3 is 2.46 bits per heavy atom. The van der Waals surface area contributed by atoms with Crippen molar-refractivity contribution < 1.29 is 13.9 Å². The van der Waals surface area contributed by atoms with Gasteiger partial charge in [-0.15, -0.1) is 0 Å². The Labute approximate surface area is 143 Å². The van der Waals surface area contributed by atoms with Crippen LogP contribution in [0.25, 0.3) is 0 Å². The molecule has 0 aromatic heterocycles. The van der Waals surface area contributed by atoms with Gasteiger partial charge in [0, 0.05) is 19.6 Å². The Morgan fingerprint density at radius 1 is 1.25 bits per heavy atom. The lowest BCUT2D eigenvalue weighted by molar-refractivity contribution is -0.124. The normalized spacial score (nSPS) is 26.1. The first-order chi connectivity index (χ1) is 11.5. The van der Waals surface area contributed by atoms with Crippen molar-refractivity contribution in [1.82, 2.24) is 10.2 Å². The largest absolute Gasteiger partial charge is 0.379 e. The topological polar surface area (TPSA) is 41.6 Å². The standard InChI is InChI=1S/C19H27FN2O2/c1-18(2)14-19(18,15-4-6-16(20)7-5-15)17(23)21-8-3-9-22-10-12-24-13-11-22/h4-7H,3,8-14H2,1-2H3,(H,21,23)/t19-/m0/s1. The number of amides is 1. The number of rotatable bonds is 6. The van der Waals surface area contributed by atoms with Crippen molar-refractivity contribution in [3.63, 3.8) is 0 Å². The van der Waals surface area contributed by atoms with Gasteiger partial charge in [0.05, 0.1) is 18.6 Å². The maximum absolute atomic E-state index is 13.2. The van der Waals surface area contributed by atoms with E-state index in [0.717, 1.165) is 51.3 Å². The molecule has 1 aromatic rings. The van der Waals surface area contributed by atoms with Crippen molar-refractivity contribution in [1.29, 1.82) is 0 Å². The van der Waals surface area contributed by atoms with Gasteiger partial charge in [-0.05, 0) is 42.5 Å². The fraction of sp³-hybridized carbons (Fsp3) is 0.632. The summed E-state index contributed by atoms with van der Waals surface area (Å²) in [6, 6.07) is 6.38. The third kappa shape index (κ3) is 3.33. The van der Waals surface area contributed by atoms with Crippen LogP contribution in [-0.2, 0) is 14.9 Å². The van der Waals surface area contributed by atoms with Crippen LogP contribution in [-0.4, -0.2) is 50.2 Å². The fourth-order valence-electron chi connectivity index (χ4n) is 3.84. The number of benzene rings is 1. The summed E-state index contributed by atoms with van der Waals surface area (Å²) in [6.45, 7) is 9.41. The summed E-state index contributed by atoms with van der Waals surface area (Å²) in [4.78, 5) is 15.2. The van der Waals surface area contributed by atoms with E-state index in [1.165, 1.54) is 12.1 Å². The van der Waals surface area contributed by atoms with Crippen LogP contribution < -0.4 is 5.32 Å². The maximum Gasteiger partial charge on any atom is 0.231 e. The third-order valence-electron chi connectivity index (χ3n) is 5.50. The highest BCUT2D eigenvalue weighted by Crippen LogP contribution is 2.64. The summed E-state index contributed by atoms with van der Waals surface area (Å²) in [6.07, 6.45) is 1.74. The maximum atomic E-state index is 13.2. The second kappa shape index (κ2) is 6.81. The molecule has 4 nitrogen and oxygen atoms in total. The minimum Gasteiger partial charge on any atom is -0.379 e. The molecule has 1 saturated heterocycles. The van der Waals surface area contributed by atoms with Gasteiger partial charge in [-0.3, -0.25) is 9.69 Å². The van der Waals surface area contributed by atoms with Crippen LogP contribution in [0.5, 0.6) is 0 Å². The highest BCUT2D eigenvalue weighted by Gasteiger charge is 2.66. The molecule has 1 N–H and O–H groups in total. The van der Waals surface area contributed by atoms with Gasteiger partial charge < -0.3 is 10.1 Å². The first-order valence-electron chi connectivity index (χ1n) is 8.80. The molecule has 132 valence electrons. The van der Waals surface area contributed by atoms with Crippen LogP contribution in [0.4, 0.5) is 4.39 Å². The fourth-order valence-corrected chi connectivity index (χ4v) is 3.84. The third-order valence-corrected chi connectivity index (χ3v) is 5.50. The predicted octanol–water partition coefficient (Wildman–Crippen LogP) is 2.33. The molecular weight excluding hydrogens is 307 g/mol. The summed E-state index contributed by atoms with van der Waals surface area (Å²) in [7, 11) is 0. The van der Waals surface area contributed by atoms with Crippen LogP contribution in [0, 0.1) is 11.2 Å². The number of nitrogens with one attached hydrogen (secondary N) is 1. The second-order valence-electron chi connectivity index (χ2n) is 7.54. The van der Waals surface area contributed by atoms with Gasteiger partial charge in [-0.2, -0.15) is 0 Å². The van der Waals surface area contributed by atoms with Gasteiger partial charge in [0.2, 0.25) is 5.91 Å². The predicted molar refractivity (Wildman–Crippen MR) is 91.4 cm³/mol. The average molecular weight is 334 g/mol. The summed E-state index contributed by atoms with van der Waals surface area (Å²) in [5.74, 6) is -0.195. The van der Waals surface area contributed by atoms with Crippen LogP contribution in [0.3, 0.4) is 0 Å². The van der Waals surface area contributed by atoms with E-state index < -0.39 is 5.41 Å². The van der Waals surface area contributed by atoms with Crippen molar-refractivity contribution in [2.75, 3.05) is 39.4 Å². The van der Waals surface area contributed by atoms with Gasteiger partial charge >= 0.3 is 0 Å². The number of ether oxygens (including phenoxy) is 1. The lowest BCUT2D eigenvalue weighted by Gasteiger charge is -2.26. The van der Waals surface area contributed by atoms with Gasteiger partial charge in [-0.1, -0.05) is 26.0 Å². The van der Waals surface area contributed by atoms with Crippen molar-refractivity contribution in [2.45, 2.75) is 32.1 Å². The number of carbonyl (C=O) groups is 1. The van der Waals surface area contributed by atoms with Crippen LogP contribution in [0.15, 0.2) is 24.3 Å². The van der Waals surface area contributed by atoms with E-state index in [4.69, 9.17) is 4.74 Å². The van der Waals surface area contributed by atoms with Gasteiger partial charge in [0.25, 0.3) is 0 Å². The molecule has 0 bridgehead atoms. The molecule has 0 radical (unpaired) electrons. The second-order valence-corrected chi connectivity index (χ2v) is 7.54. The molecule has 2 fully saturated rings. The van der Waals surface area contributed by atoms with E-state index in [1.54, 1.807) is 12.1 Å². The first kappa shape index (κ1) is 17.4. The van der Waals surface area contributed by atoms with Crippen LogP contribution in [0.2, 0.25) is 0 Å². The van der Waals surface area contributed by atoms with Crippen molar-refractivity contribution in [3.8, 4) is 0 Å². The van der Waals surface area contributed by atoms with E-state index in [1.807, 2.05) is 0 Å². The molecule has 0 spiro atoms. The Hall–Kier alpha value is -1.46. The molecule has 1 aliphatic carbocycles. The zero-order chi connectivity index (χ0) is 17.2. The summed E-state index contributed by atoms with van der Waals surface area (Å²) in [5, 5.41) is 3.10. The van der Waals surface area contributed by atoms with Crippen molar-refractivity contribution in [3.05, 3.63) is 35.6 Å². The molecule has 1 amide bonds. The number of morpholine rings is 1. The quantitative estimate of drug-likeness (QED) is 0.812. The molecule has 1 saturated carbocycles. The lowest BCUT2D eigenvalue weighted by atomic mass is 9.87. The van der Waals surface area contributed by atoms with Gasteiger partial charge in [0.1, 0.15) is 5.82 Å². The highest BCUT2D eigenvalue weighted by atomic mass is 19.1. The van der Waals surface area contributed by atoms with Crippen LogP contribution >= 0.6 is 0 Å². The zero-order valence-corrected chi connectivity index (χ0v) is 14.6. The summed E-state index contributed by atoms with van der Waals surface area (Å²) >= 11 is 0. The molecule has 1 aliphatic heterocycles. The Bertz CT molecular complexity index is 582. The molecule has 1 aromatic carbocycles. The van der Waals surface area contributed by atoms with Crippen molar-refractivity contribution >= 4 is 5.91 Å². The first-order valence-corrected chi connectivity index (χ1v) is 8.80. The van der Waals surface area contributed by atoms with E-state index in [-0.39, 0.29) is 17.1 Å². The monoisotopic (exact) mass is 334 g/mol. The molecule has 24 heavy (non-hydrogen) atoms. The molecule has 3 rings (SSSR count). The summed E-state index contributed by atoms with van der Waals surface area (Å²) < 4.78 is 18.5. The minimum absolute atomic E-state index is 0.0704. The van der Waals surface area contributed by atoms with E-state index in [9.17, 15) is 9.18 Å². The summed E-state index contributed by atoms with van der Waals surface area (Å²) in [5.41, 5.74) is 0.318. The molecule has 1 atom stereocenters. The smallest absolute Gasteiger partial charge is 0.231 e. The Kier molecular flexibility index (Phi) is 4.92. The number of nitrogens with zero attached hydrogens (tertiary/aromatic N) is 1. The highest BCUT2D eigenvalue weighted by molar-refractivity contribution is 5.93. The molecule has 2 aliphatic rings. The van der Waals surface area contributed by atoms with Crippen molar-refractivity contribution in [2.24, 2.45) is 5.41 Å². The average Bonchev–Trinajstić information content (AvgIpc) is 3.17. The lowest BCUT2D eigenvalue weighted by Crippen LogP contribution is -2.40. The molecule has 0 unspecified atom stereocenters. The minimum atomic E-state index is -0.514. The number of hydrogen-bond acceptors (Lipinski definition) is 3. The SMILES string of the molecule is CC1(C)C[C@@]1(C(=O)NCCCN1CCOCC1)c1ccc(F)cc1. The number of halogens is 1. The Balaban J connectivity index is 1.55. The Morgan fingerprint density at radius 2 is 1.88 bits per heavy atom. The zero-order valence-electron chi connectivity index (χ0n) is 14.6. The molecular formula is C19H27FN2O2. The number of carbonyl (C=O) groups excluding carboxylic acids is 1. The molecule has 5 heteroatoms. The van der Waals surface area contributed by atoms with E-state index in [0.29, 0.717) is 6.54 Å². The van der Waals surface area contributed by atoms with Gasteiger partial charge in [0.15, 0.2) is 0 Å². The van der Waals surface area contributed by atoms with E-state index >= 15 is 0 Å². The van der Waals surface area contributed by atoms with Crippen LogP contribution in [0.1, 0.15) is 32.3 Å².